The number of nitrogens with zero attached hydrogens (tertiary/aromatic N) is 3. The fourth-order valence-corrected chi connectivity index (χ4v) is 2.38. The summed E-state index contributed by atoms with van der Waals surface area (Å²) >= 11 is 0. The van der Waals surface area contributed by atoms with E-state index in [4.69, 9.17) is 5.73 Å². The van der Waals surface area contributed by atoms with Crippen molar-refractivity contribution in [3.8, 4) is 0 Å². The highest BCUT2D eigenvalue weighted by atomic mass is 35.5. The Bertz CT molecular complexity index is 448. The number of carbonyl (C=O) groups is 1. The lowest BCUT2D eigenvalue weighted by molar-refractivity contribution is -0.123. The SMILES string of the molecule is CCCC(N)C(=O)NC1CCc2nc(CC)nn2C1.Cl. The quantitative estimate of drug-likeness (QED) is 0.843. The molecule has 0 radical (unpaired) electrons. The van der Waals surface area contributed by atoms with Crippen molar-refractivity contribution in [2.45, 2.75) is 64.6 Å². The molecule has 1 aliphatic heterocycles. The molecule has 0 saturated heterocycles. The van der Waals surface area contributed by atoms with Crippen LogP contribution in [0.5, 0.6) is 0 Å². The Balaban J connectivity index is 0.00000200. The number of fused-ring (bicyclic) bond motifs is 1. The topological polar surface area (TPSA) is 85.8 Å². The predicted molar refractivity (Wildman–Crippen MR) is 79.8 cm³/mol. The summed E-state index contributed by atoms with van der Waals surface area (Å²) in [5.41, 5.74) is 5.82. The van der Waals surface area contributed by atoms with Gasteiger partial charge in [0.15, 0.2) is 5.82 Å². The zero-order chi connectivity index (χ0) is 13.8. The second kappa shape index (κ2) is 7.59. The molecule has 0 saturated carbocycles. The summed E-state index contributed by atoms with van der Waals surface area (Å²) in [6, 6.07) is -0.275. The van der Waals surface area contributed by atoms with Crippen molar-refractivity contribution in [3.63, 3.8) is 0 Å². The highest BCUT2D eigenvalue weighted by Gasteiger charge is 2.24. The molecule has 0 aromatic carbocycles. The second-order valence-corrected chi connectivity index (χ2v) is 5.12. The number of aromatic nitrogens is 3. The molecular weight excluding hydrogens is 278 g/mol. The number of amides is 1. The summed E-state index contributed by atoms with van der Waals surface area (Å²) in [4.78, 5) is 16.4. The molecule has 0 spiro atoms. The molecule has 0 aliphatic carbocycles. The van der Waals surface area contributed by atoms with Gasteiger partial charge in [0.1, 0.15) is 5.82 Å². The van der Waals surface area contributed by atoms with Crippen LogP contribution in [0.3, 0.4) is 0 Å². The van der Waals surface area contributed by atoms with E-state index in [2.05, 4.69) is 15.4 Å². The van der Waals surface area contributed by atoms with Crippen molar-refractivity contribution >= 4 is 18.3 Å². The number of rotatable bonds is 5. The predicted octanol–water partition coefficient (Wildman–Crippen LogP) is 0.821. The Kier molecular flexibility index (Phi) is 6.42. The molecule has 3 N–H and O–H groups in total. The zero-order valence-corrected chi connectivity index (χ0v) is 12.9. The fraction of sp³-hybridized carbons (Fsp3) is 0.769. The molecule has 1 aromatic rings. The Labute approximate surface area is 125 Å². The van der Waals surface area contributed by atoms with Gasteiger partial charge in [-0.05, 0) is 12.8 Å². The number of aryl methyl sites for hydroxylation is 2. The van der Waals surface area contributed by atoms with E-state index >= 15 is 0 Å². The number of nitrogens with two attached hydrogens (primary N) is 1. The standard InChI is InChI=1S/C13H23N5O.ClH/c1-3-5-10(14)13(19)15-9-6-7-12-16-11(4-2)17-18(12)8-9;/h9-10H,3-8,14H2,1-2H3,(H,15,19);1H. The molecular formula is C13H24ClN5O. The number of hydrogen-bond donors (Lipinski definition) is 2. The van der Waals surface area contributed by atoms with Crippen molar-refractivity contribution in [1.29, 1.82) is 0 Å². The molecule has 1 aromatic heterocycles. The minimum absolute atomic E-state index is 0. The van der Waals surface area contributed by atoms with Gasteiger partial charge >= 0.3 is 0 Å². The molecule has 0 fully saturated rings. The van der Waals surface area contributed by atoms with Gasteiger partial charge in [-0.1, -0.05) is 20.3 Å². The van der Waals surface area contributed by atoms with Crippen molar-refractivity contribution in [2.24, 2.45) is 5.73 Å². The van der Waals surface area contributed by atoms with Gasteiger partial charge in [0.25, 0.3) is 0 Å². The average Bonchev–Trinajstić information content (AvgIpc) is 2.81. The van der Waals surface area contributed by atoms with Crippen molar-refractivity contribution < 1.29 is 4.79 Å². The maximum absolute atomic E-state index is 11.9. The summed E-state index contributed by atoms with van der Waals surface area (Å²) in [6.07, 6.45) is 4.27. The molecule has 1 aliphatic rings. The lowest BCUT2D eigenvalue weighted by atomic mass is 10.1. The van der Waals surface area contributed by atoms with Gasteiger partial charge in [0.2, 0.25) is 5.91 Å². The van der Waals surface area contributed by atoms with Gasteiger partial charge in [0.05, 0.1) is 12.6 Å². The summed E-state index contributed by atoms with van der Waals surface area (Å²) < 4.78 is 1.92. The third kappa shape index (κ3) is 3.93. The average molecular weight is 302 g/mol. The minimum atomic E-state index is -0.395. The van der Waals surface area contributed by atoms with Gasteiger partial charge in [-0.2, -0.15) is 5.10 Å². The third-order valence-electron chi connectivity index (χ3n) is 3.50. The maximum atomic E-state index is 11.9. The number of hydrogen-bond acceptors (Lipinski definition) is 4. The van der Waals surface area contributed by atoms with Gasteiger partial charge in [-0.15, -0.1) is 12.4 Å². The molecule has 2 rings (SSSR count). The van der Waals surface area contributed by atoms with E-state index in [0.29, 0.717) is 6.54 Å². The number of carbonyl (C=O) groups excluding carboxylic acids is 1. The van der Waals surface area contributed by atoms with Crippen molar-refractivity contribution in [1.82, 2.24) is 20.1 Å². The normalized spacial score (nSPS) is 18.9. The molecule has 114 valence electrons. The fourth-order valence-electron chi connectivity index (χ4n) is 2.38. The Morgan fingerprint density at radius 3 is 2.95 bits per heavy atom. The first-order valence-corrected chi connectivity index (χ1v) is 7.12. The van der Waals surface area contributed by atoms with E-state index in [1.807, 2.05) is 18.5 Å². The summed E-state index contributed by atoms with van der Waals surface area (Å²) in [5.74, 6) is 1.86. The van der Waals surface area contributed by atoms with E-state index in [1.54, 1.807) is 0 Å². The van der Waals surface area contributed by atoms with Crippen molar-refractivity contribution in [3.05, 3.63) is 11.6 Å². The first kappa shape index (κ1) is 16.9. The molecule has 6 nitrogen and oxygen atoms in total. The monoisotopic (exact) mass is 301 g/mol. The van der Waals surface area contributed by atoms with Crippen LogP contribution in [-0.4, -0.2) is 32.8 Å². The summed E-state index contributed by atoms with van der Waals surface area (Å²) in [6.45, 7) is 4.78. The minimum Gasteiger partial charge on any atom is -0.350 e. The highest BCUT2D eigenvalue weighted by molar-refractivity contribution is 5.85. The first-order valence-electron chi connectivity index (χ1n) is 7.12. The largest absolute Gasteiger partial charge is 0.350 e. The summed E-state index contributed by atoms with van der Waals surface area (Å²) in [5, 5.41) is 7.45. The lowest BCUT2D eigenvalue weighted by Gasteiger charge is -2.24. The van der Waals surface area contributed by atoms with Crippen LogP contribution in [0.2, 0.25) is 0 Å². The third-order valence-corrected chi connectivity index (χ3v) is 3.50. The van der Waals surface area contributed by atoms with E-state index in [1.165, 1.54) is 0 Å². The summed E-state index contributed by atoms with van der Waals surface area (Å²) in [7, 11) is 0. The van der Waals surface area contributed by atoms with Gasteiger partial charge < -0.3 is 11.1 Å². The van der Waals surface area contributed by atoms with Crippen LogP contribution >= 0.6 is 12.4 Å². The van der Waals surface area contributed by atoms with Crippen LogP contribution in [0.4, 0.5) is 0 Å². The van der Waals surface area contributed by atoms with Crippen LogP contribution < -0.4 is 11.1 Å². The van der Waals surface area contributed by atoms with Gasteiger partial charge in [-0.3, -0.25) is 4.79 Å². The highest BCUT2D eigenvalue weighted by Crippen LogP contribution is 2.13. The number of nitrogens with one attached hydrogen (secondary N) is 1. The number of halogens is 1. The van der Waals surface area contributed by atoms with Gasteiger partial charge in [0, 0.05) is 18.9 Å². The Morgan fingerprint density at radius 1 is 1.55 bits per heavy atom. The van der Waals surface area contributed by atoms with E-state index in [9.17, 15) is 4.79 Å². The smallest absolute Gasteiger partial charge is 0.237 e. The molecule has 1 amide bonds. The van der Waals surface area contributed by atoms with Gasteiger partial charge in [-0.25, -0.2) is 9.67 Å². The van der Waals surface area contributed by atoms with Crippen LogP contribution in [0.1, 0.15) is 44.8 Å². The Hall–Kier alpha value is -1.14. The van der Waals surface area contributed by atoms with Crippen LogP contribution in [-0.2, 0) is 24.2 Å². The maximum Gasteiger partial charge on any atom is 0.237 e. The van der Waals surface area contributed by atoms with Crippen LogP contribution in [0.15, 0.2) is 0 Å². The first-order chi connectivity index (χ1) is 9.13. The molecule has 2 heterocycles. The molecule has 2 unspecified atom stereocenters. The van der Waals surface area contributed by atoms with E-state index in [0.717, 1.165) is 43.8 Å². The molecule has 7 heteroatoms. The van der Waals surface area contributed by atoms with E-state index < -0.39 is 6.04 Å². The Morgan fingerprint density at radius 2 is 2.30 bits per heavy atom. The molecule has 2 atom stereocenters. The van der Waals surface area contributed by atoms with Crippen LogP contribution in [0.25, 0.3) is 0 Å². The second-order valence-electron chi connectivity index (χ2n) is 5.12. The zero-order valence-electron chi connectivity index (χ0n) is 12.1. The van der Waals surface area contributed by atoms with Crippen LogP contribution in [0, 0.1) is 0 Å². The lowest BCUT2D eigenvalue weighted by Crippen LogP contribution is -2.48. The molecule has 0 bridgehead atoms. The molecule has 20 heavy (non-hydrogen) atoms. The van der Waals surface area contributed by atoms with Crippen molar-refractivity contribution in [2.75, 3.05) is 0 Å². The van der Waals surface area contributed by atoms with E-state index in [-0.39, 0.29) is 24.4 Å².